The molecular weight excluding hydrogens is 270 g/mol. The van der Waals surface area contributed by atoms with Crippen molar-refractivity contribution < 1.29 is 23.1 Å². The van der Waals surface area contributed by atoms with Crippen molar-refractivity contribution in [2.75, 3.05) is 25.4 Å². The Hall–Kier alpha value is -0.660. The lowest BCUT2D eigenvalue weighted by atomic mass is 10.00. The Morgan fingerprint density at radius 3 is 2.74 bits per heavy atom. The predicted octanol–water partition coefficient (Wildman–Crippen LogP) is -0.0279. The van der Waals surface area contributed by atoms with Gasteiger partial charge in [0.15, 0.2) is 0 Å². The van der Waals surface area contributed by atoms with Crippen LogP contribution in [-0.4, -0.2) is 55.4 Å². The van der Waals surface area contributed by atoms with Crippen LogP contribution in [0.2, 0.25) is 0 Å². The number of esters is 1. The normalized spacial score (nSPS) is 31.4. The first-order valence-corrected chi connectivity index (χ1v) is 8.36. The molecule has 0 spiro atoms. The minimum absolute atomic E-state index is 0.0670. The van der Waals surface area contributed by atoms with Crippen LogP contribution in [0.1, 0.15) is 26.2 Å². The number of aliphatic hydroxyl groups is 1. The summed E-state index contributed by atoms with van der Waals surface area (Å²) in [6.07, 6.45) is 1.17. The number of ether oxygens (including phenoxy) is 1. The van der Waals surface area contributed by atoms with Crippen molar-refractivity contribution >= 4 is 16.0 Å². The maximum Gasteiger partial charge on any atom is 0.306 e. The van der Waals surface area contributed by atoms with Gasteiger partial charge in [-0.2, -0.15) is 0 Å². The molecule has 0 aromatic heterocycles. The Morgan fingerprint density at radius 2 is 2.11 bits per heavy atom. The monoisotopic (exact) mass is 291 g/mol. The summed E-state index contributed by atoms with van der Waals surface area (Å²) in [5.74, 6) is -0.350. The van der Waals surface area contributed by atoms with Crippen molar-refractivity contribution in [2.45, 2.75) is 32.3 Å². The van der Waals surface area contributed by atoms with Crippen LogP contribution in [0.4, 0.5) is 0 Å². The smallest absolute Gasteiger partial charge is 0.306 e. The predicted molar refractivity (Wildman–Crippen MR) is 68.8 cm³/mol. The van der Waals surface area contributed by atoms with Gasteiger partial charge in [-0.05, 0) is 25.7 Å². The minimum atomic E-state index is -3.42. The highest BCUT2D eigenvalue weighted by molar-refractivity contribution is 7.89. The second-order valence-electron chi connectivity index (χ2n) is 5.26. The number of carbonyl (C=O) groups is 1. The first-order chi connectivity index (χ1) is 8.94. The Bertz CT molecular complexity index is 435. The maximum absolute atomic E-state index is 12.1. The van der Waals surface area contributed by atoms with Crippen molar-refractivity contribution in [1.29, 1.82) is 0 Å². The van der Waals surface area contributed by atoms with Crippen LogP contribution in [-0.2, 0) is 19.6 Å². The number of rotatable bonds is 5. The minimum Gasteiger partial charge on any atom is -0.466 e. The van der Waals surface area contributed by atoms with Crippen molar-refractivity contribution in [3.05, 3.63) is 0 Å². The molecule has 1 saturated carbocycles. The fraction of sp³-hybridized carbons (Fsp3) is 0.917. The van der Waals surface area contributed by atoms with E-state index in [-0.39, 0.29) is 36.7 Å². The van der Waals surface area contributed by atoms with Crippen molar-refractivity contribution in [2.24, 2.45) is 11.8 Å². The van der Waals surface area contributed by atoms with E-state index in [1.807, 2.05) is 0 Å². The highest BCUT2D eigenvalue weighted by Gasteiger charge is 2.45. The molecule has 1 N–H and O–H groups in total. The van der Waals surface area contributed by atoms with Gasteiger partial charge in [-0.3, -0.25) is 4.79 Å². The van der Waals surface area contributed by atoms with Gasteiger partial charge >= 0.3 is 5.97 Å². The van der Waals surface area contributed by atoms with E-state index in [2.05, 4.69) is 0 Å². The van der Waals surface area contributed by atoms with Crippen LogP contribution >= 0.6 is 0 Å². The number of aliphatic hydroxyl groups excluding tert-OH is 1. The number of hydrogen-bond donors (Lipinski definition) is 1. The summed E-state index contributed by atoms with van der Waals surface area (Å²) in [6.45, 7) is 2.82. The molecule has 0 bridgehead atoms. The molecule has 0 aromatic carbocycles. The molecule has 1 aliphatic heterocycles. The molecule has 0 radical (unpaired) electrons. The van der Waals surface area contributed by atoms with Gasteiger partial charge in [-0.25, -0.2) is 12.7 Å². The quantitative estimate of drug-likeness (QED) is 0.719. The third kappa shape index (κ3) is 3.27. The van der Waals surface area contributed by atoms with E-state index in [9.17, 15) is 18.3 Å². The Balaban J connectivity index is 1.89. The Kier molecular flexibility index (Phi) is 4.47. The molecule has 0 amide bonds. The third-order valence-corrected chi connectivity index (χ3v) is 5.85. The van der Waals surface area contributed by atoms with Gasteiger partial charge in [0.1, 0.15) is 0 Å². The fourth-order valence-corrected chi connectivity index (χ4v) is 4.50. The summed E-state index contributed by atoms with van der Waals surface area (Å²) in [5, 5.41) is 9.78. The van der Waals surface area contributed by atoms with Gasteiger partial charge in [0.25, 0.3) is 0 Å². The van der Waals surface area contributed by atoms with Crippen LogP contribution in [0, 0.1) is 11.8 Å². The van der Waals surface area contributed by atoms with Crippen LogP contribution < -0.4 is 0 Å². The molecule has 0 aromatic rings. The van der Waals surface area contributed by atoms with Gasteiger partial charge in [0.2, 0.25) is 10.0 Å². The Labute approximate surface area is 113 Å². The van der Waals surface area contributed by atoms with E-state index < -0.39 is 16.0 Å². The molecule has 2 rings (SSSR count). The summed E-state index contributed by atoms with van der Waals surface area (Å²) < 4.78 is 30.4. The molecule has 19 heavy (non-hydrogen) atoms. The number of carbonyl (C=O) groups excluding carboxylic acids is 1. The molecule has 3 unspecified atom stereocenters. The summed E-state index contributed by atoms with van der Waals surface area (Å²) >= 11 is 0. The van der Waals surface area contributed by atoms with Gasteiger partial charge in [-0.1, -0.05) is 0 Å². The topological polar surface area (TPSA) is 83.9 Å². The second-order valence-corrected chi connectivity index (χ2v) is 7.35. The zero-order valence-electron chi connectivity index (χ0n) is 11.1. The molecule has 1 aliphatic carbocycles. The number of nitrogens with zero attached hydrogens (tertiary/aromatic N) is 1. The molecular formula is C12H21NO5S. The zero-order chi connectivity index (χ0) is 14.0. The summed E-state index contributed by atoms with van der Waals surface area (Å²) in [6, 6.07) is 0. The van der Waals surface area contributed by atoms with E-state index >= 15 is 0 Å². The van der Waals surface area contributed by atoms with Crippen molar-refractivity contribution in [3.63, 3.8) is 0 Å². The summed E-state index contributed by atoms with van der Waals surface area (Å²) in [7, 11) is -3.42. The van der Waals surface area contributed by atoms with Gasteiger partial charge in [0.05, 0.1) is 24.9 Å². The third-order valence-electron chi connectivity index (χ3n) is 4.05. The van der Waals surface area contributed by atoms with E-state index in [0.29, 0.717) is 13.1 Å². The fourth-order valence-electron chi connectivity index (χ4n) is 3.00. The lowest BCUT2D eigenvalue weighted by molar-refractivity contribution is -0.142. The number of fused-ring (bicyclic) bond motifs is 1. The van der Waals surface area contributed by atoms with Gasteiger partial charge < -0.3 is 9.84 Å². The molecule has 2 aliphatic rings. The first-order valence-electron chi connectivity index (χ1n) is 6.75. The molecule has 2 fully saturated rings. The lowest BCUT2D eigenvalue weighted by Gasteiger charge is -2.17. The van der Waals surface area contributed by atoms with E-state index in [1.54, 1.807) is 6.92 Å². The van der Waals surface area contributed by atoms with E-state index in [0.717, 1.165) is 12.8 Å². The molecule has 1 heterocycles. The SMILES string of the molecule is CCOC(=O)CCS(=O)(=O)N1CC2CCC(O)C2C1. The maximum atomic E-state index is 12.1. The lowest BCUT2D eigenvalue weighted by Crippen LogP contribution is -2.33. The average molecular weight is 291 g/mol. The van der Waals surface area contributed by atoms with E-state index in [4.69, 9.17) is 4.74 Å². The van der Waals surface area contributed by atoms with Crippen LogP contribution in [0.15, 0.2) is 0 Å². The van der Waals surface area contributed by atoms with Crippen molar-refractivity contribution in [1.82, 2.24) is 4.31 Å². The average Bonchev–Trinajstić information content (AvgIpc) is 2.91. The zero-order valence-corrected chi connectivity index (χ0v) is 11.9. The highest BCUT2D eigenvalue weighted by Crippen LogP contribution is 2.39. The second kappa shape index (κ2) is 5.76. The standard InChI is InChI=1S/C12H21NO5S/c1-2-18-12(15)5-6-19(16,17)13-7-9-3-4-11(14)10(9)8-13/h9-11,14H,2-8H2,1H3. The summed E-state index contributed by atoms with van der Waals surface area (Å²) in [5.41, 5.74) is 0. The van der Waals surface area contributed by atoms with E-state index in [1.165, 1.54) is 4.31 Å². The van der Waals surface area contributed by atoms with Crippen molar-refractivity contribution in [3.8, 4) is 0 Å². The van der Waals surface area contributed by atoms with Gasteiger partial charge in [0, 0.05) is 19.0 Å². The van der Waals surface area contributed by atoms with Crippen LogP contribution in [0.5, 0.6) is 0 Å². The molecule has 1 saturated heterocycles. The molecule has 7 heteroatoms. The largest absolute Gasteiger partial charge is 0.466 e. The number of hydrogen-bond acceptors (Lipinski definition) is 5. The summed E-state index contributed by atoms with van der Waals surface area (Å²) in [4.78, 5) is 11.2. The highest BCUT2D eigenvalue weighted by atomic mass is 32.2. The van der Waals surface area contributed by atoms with Crippen LogP contribution in [0.3, 0.4) is 0 Å². The Morgan fingerprint density at radius 1 is 1.37 bits per heavy atom. The number of sulfonamides is 1. The first kappa shape index (κ1) is 14.7. The molecule has 3 atom stereocenters. The van der Waals surface area contributed by atoms with Crippen LogP contribution in [0.25, 0.3) is 0 Å². The molecule has 110 valence electrons. The molecule has 6 nitrogen and oxygen atoms in total. The van der Waals surface area contributed by atoms with Gasteiger partial charge in [-0.15, -0.1) is 0 Å².